The molecule has 0 N–H and O–H groups in total. The molecular formula is C15H16BF3N2O3. The van der Waals surface area contributed by atoms with Gasteiger partial charge < -0.3 is 13.8 Å². The quantitative estimate of drug-likeness (QED) is 0.787. The molecule has 1 aromatic carbocycles. The van der Waals surface area contributed by atoms with E-state index in [1.165, 1.54) is 0 Å². The summed E-state index contributed by atoms with van der Waals surface area (Å²) in [5, 5.41) is 3.36. The molecule has 3 rings (SSSR count). The number of halogens is 3. The van der Waals surface area contributed by atoms with Crippen LogP contribution in [0.3, 0.4) is 0 Å². The lowest BCUT2D eigenvalue weighted by Crippen LogP contribution is -2.41. The van der Waals surface area contributed by atoms with Crippen LogP contribution < -0.4 is 5.46 Å². The summed E-state index contributed by atoms with van der Waals surface area (Å²) in [6.07, 6.45) is -4.66. The number of hydrogen-bond acceptors (Lipinski definition) is 5. The second kappa shape index (κ2) is 5.32. The first-order chi connectivity index (χ1) is 11.0. The van der Waals surface area contributed by atoms with Gasteiger partial charge in [0.25, 0.3) is 0 Å². The number of rotatable bonds is 2. The standard InChI is InChI=1S/C15H16BF3N2O3/c1-13(2)14(3,4)24-16(23-13)10-7-5-9(6-8-10)11-20-12(22-21-11)15(17,18)19/h5-8H,1-4H3. The third-order valence-electron chi connectivity index (χ3n) is 4.36. The molecule has 1 aromatic heterocycles. The van der Waals surface area contributed by atoms with Gasteiger partial charge in [0, 0.05) is 5.56 Å². The minimum Gasteiger partial charge on any atom is -0.399 e. The first-order valence-electron chi connectivity index (χ1n) is 7.36. The third kappa shape index (κ3) is 2.93. The van der Waals surface area contributed by atoms with Crippen LogP contribution in [0.15, 0.2) is 28.8 Å². The number of hydrogen-bond donors (Lipinski definition) is 0. The molecule has 0 atom stereocenters. The van der Waals surface area contributed by atoms with E-state index in [0.717, 1.165) is 5.46 Å². The van der Waals surface area contributed by atoms with Crippen molar-refractivity contribution >= 4 is 12.6 Å². The molecule has 2 heterocycles. The monoisotopic (exact) mass is 340 g/mol. The number of nitrogens with zero attached hydrogens (tertiary/aromatic N) is 2. The summed E-state index contributed by atoms with van der Waals surface area (Å²) in [6.45, 7) is 7.78. The maximum absolute atomic E-state index is 12.5. The maximum atomic E-state index is 12.5. The highest BCUT2D eigenvalue weighted by Crippen LogP contribution is 2.36. The topological polar surface area (TPSA) is 57.4 Å². The largest absolute Gasteiger partial charge is 0.494 e. The van der Waals surface area contributed by atoms with Crippen LogP contribution in [0, 0.1) is 0 Å². The summed E-state index contributed by atoms with van der Waals surface area (Å²) in [5.74, 6) is -1.49. The van der Waals surface area contributed by atoms with Crippen LogP contribution >= 0.6 is 0 Å². The molecule has 0 saturated carbocycles. The molecule has 1 fully saturated rings. The molecule has 0 unspecified atom stereocenters. The van der Waals surface area contributed by atoms with Gasteiger partial charge in [0.1, 0.15) is 0 Å². The van der Waals surface area contributed by atoms with Crippen LogP contribution in [-0.2, 0) is 15.5 Å². The van der Waals surface area contributed by atoms with Gasteiger partial charge in [0.15, 0.2) is 0 Å². The zero-order valence-corrected chi connectivity index (χ0v) is 13.6. The molecule has 0 aliphatic carbocycles. The highest BCUT2D eigenvalue weighted by Gasteiger charge is 2.51. The summed E-state index contributed by atoms with van der Waals surface area (Å²) in [7, 11) is -0.542. The SMILES string of the molecule is CC1(C)OB(c2ccc(-c3noc(C(F)(F)F)n3)cc2)OC1(C)C. The summed E-state index contributed by atoms with van der Waals surface area (Å²) in [4.78, 5) is 3.36. The molecule has 0 spiro atoms. The lowest BCUT2D eigenvalue weighted by Gasteiger charge is -2.32. The zero-order valence-electron chi connectivity index (χ0n) is 13.6. The number of benzene rings is 1. The second-order valence-electron chi connectivity index (χ2n) is 6.63. The van der Waals surface area contributed by atoms with Gasteiger partial charge in [0.05, 0.1) is 11.2 Å². The fourth-order valence-corrected chi connectivity index (χ4v) is 2.22. The van der Waals surface area contributed by atoms with Crippen molar-refractivity contribution in [2.45, 2.75) is 45.1 Å². The number of alkyl halides is 3. The first kappa shape index (κ1) is 17.0. The predicted octanol–water partition coefficient (Wildman–Crippen LogP) is 3.05. The van der Waals surface area contributed by atoms with Crippen molar-refractivity contribution < 1.29 is 27.0 Å². The lowest BCUT2D eigenvalue weighted by molar-refractivity contribution is -0.159. The van der Waals surface area contributed by atoms with E-state index in [4.69, 9.17) is 9.31 Å². The van der Waals surface area contributed by atoms with E-state index >= 15 is 0 Å². The summed E-state index contributed by atoms with van der Waals surface area (Å²) >= 11 is 0. The van der Waals surface area contributed by atoms with Crippen LogP contribution in [0.4, 0.5) is 13.2 Å². The second-order valence-corrected chi connectivity index (χ2v) is 6.63. The Morgan fingerprint density at radius 2 is 1.50 bits per heavy atom. The van der Waals surface area contributed by atoms with E-state index in [0.29, 0.717) is 5.56 Å². The van der Waals surface area contributed by atoms with Gasteiger partial charge in [0.2, 0.25) is 5.82 Å². The van der Waals surface area contributed by atoms with E-state index in [1.807, 2.05) is 27.7 Å². The van der Waals surface area contributed by atoms with E-state index in [1.54, 1.807) is 24.3 Å². The fraction of sp³-hybridized carbons (Fsp3) is 0.467. The normalized spacial score (nSPS) is 19.7. The molecule has 24 heavy (non-hydrogen) atoms. The molecule has 0 amide bonds. The van der Waals surface area contributed by atoms with Crippen molar-refractivity contribution in [2.75, 3.05) is 0 Å². The highest BCUT2D eigenvalue weighted by molar-refractivity contribution is 6.62. The van der Waals surface area contributed by atoms with Crippen LogP contribution in [-0.4, -0.2) is 28.5 Å². The van der Waals surface area contributed by atoms with Crippen LogP contribution in [0.25, 0.3) is 11.4 Å². The van der Waals surface area contributed by atoms with Gasteiger partial charge in [-0.15, -0.1) is 0 Å². The summed E-state index contributed by atoms with van der Waals surface area (Å²) < 4.78 is 53.6. The molecule has 1 saturated heterocycles. The maximum Gasteiger partial charge on any atom is 0.494 e. The summed E-state index contributed by atoms with van der Waals surface area (Å²) in [6, 6.07) is 6.62. The Hall–Kier alpha value is -1.87. The Morgan fingerprint density at radius 3 is 1.96 bits per heavy atom. The predicted molar refractivity (Wildman–Crippen MR) is 80.5 cm³/mol. The van der Waals surface area contributed by atoms with E-state index in [-0.39, 0.29) is 5.82 Å². The Labute approximate surface area is 137 Å². The van der Waals surface area contributed by atoms with E-state index < -0.39 is 30.4 Å². The average Bonchev–Trinajstić information content (AvgIpc) is 3.02. The Kier molecular flexibility index (Phi) is 3.76. The molecule has 1 aliphatic rings. The third-order valence-corrected chi connectivity index (χ3v) is 4.36. The van der Waals surface area contributed by atoms with Crippen LogP contribution in [0.1, 0.15) is 33.6 Å². The van der Waals surface area contributed by atoms with Crippen molar-refractivity contribution in [1.29, 1.82) is 0 Å². The molecule has 9 heteroatoms. The average molecular weight is 340 g/mol. The van der Waals surface area contributed by atoms with Crippen molar-refractivity contribution in [3.05, 3.63) is 30.2 Å². The van der Waals surface area contributed by atoms with Crippen molar-refractivity contribution in [2.24, 2.45) is 0 Å². The Bertz CT molecular complexity index is 725. The number of aromatic nitrogens is 2. The minimum atomic E-state index is -4.66. The molecular weight excluding hydrogens is 324 g/mol. The minimum absolute atomic E-state index is 0.122. The molecule has 2 aromatic rings. The smallest absolute Gasteiger partial charge is 0.399 e. The van der Waals surface area contributed by atoms with Gasteiger partial charge in [-0.25, -0.2) is 0 Å². The molecule has 5 nitrogen and oxygen atoms in total. The van der Waals surface area contributed by atoms with E-state index in [2.05, 4.69) is 14.7 Å². The lowest BCUT2D eigenvalue weighted by atomic mass is 9.79. The van der Waals surface area contributed by atoms with Crippen LogP contribution in [0.2, 0.25) is 0 Å². The van der Waals surface area contributed by atoms with Gasteiger partial charge in [-0.2, -0.15) is 18.2 Å². The van der Waals surface area contributed by atoms with Gasteiger partial charge in [-0.3, -0.25) is 0 Å². The molecule has 1 aliphatic heterocycles. The van der Waals surface area contributed by atoms with Crippen molar-refractivity contribution in [1.82, 2.24) is 10.1 Å². The van der Waals surface area contributed by atoms with Gasteiger partial charge >= 0.3 is 19.2 Å². The molecule has 128 valence electrons. The fourth-order valence-electron chi connectivity index (χ4n) is 2.22. The zero-order chi connectivity index (χ0) is 17.8. The van der Waals surface area contributed by atoms with Crippen LogP contribution in [0.5, 0.6) is 0 Å². The van der Waals surface area contributed by atoms with Gasteiger partial charge in [-0.05, 0) is 33.2 Å². The Morgan fingerprint density at radius 1 is 0.958 bits per heavy atom. The van der Waals surface area contributed by atoms with Crippen molar-refractivity contribution in [3.8, 4) is 11.4 Å². The molecule has 0 bridgehead atoms. The Balaban J connectivity index is 1.81. The van der Waals surface area contributed by atoms with Gasteiger partial charge in [-0.1, -0.05) is 29.4 Å². The van der Waals surface area contributed by atoms with Crippen molar-refractivity contribution in [3.63, 3.8) is 0 Å². The first-order valence-corrected chi connectivity index (χ1v) is 7.36. The highest BCUT2D eigenvalue weighted by atomic mass is 19.4. The molecule has 0 radical (unpaired) electrons. The summed E-state index contributed by atoms with van der Waals surface area (Å²) in [5.41, 5.74) is 0.239. The van der Waals surface area contributed by atoms with E-state index in [9.17, 15) is 13.2 Å².